The van der Waals surface area contributed by atoms with Crippen LogP contribution in [0, 0.1) is 0 Å². The minimum atomic E-state index is -0.183. The molecule has 0 aliphatic rings. The summed E-state index contributed by atoms with van der Waals surface area (Å²) in [5, 5.41) is 7.30. The lowest BCUT2D eigenvalue weighted by molar-refractivity contribution is 0.423. The standard InChI is InChI=1S/C64H49N5/c1-64(2,3)69-62-38-34-50(65(44-20-8-4-9-21-44)48-32-36-60-54(40-48)52-28-16-18-30-58(52)67(60)46-24-12-6-13-25-46)42-56(62)57-43-51(35-39-63(57)69)66(45-22-10-5-11-23-45)49-33-37-61-55(41-49)53-29-17-19-31-59(53)68(61)47-26-14-7-15-27-47/h4-43H,1-3H3. The lowest BCUT2D eigenvalue weighted by Gasteiger charge is -2.27. The molecule has 5 nitrogen and oxygen atoms in total. The predicted molar refractivity (Wildman–Crippen MR) is 292 cm³/mol. The van der Waals surface area contributed by atoms with Gasteiger partial charge in [-0.25, -0.2) is 0 Å². The van der Waals surface area contributed by atoms with Crippen molar-refractivity contribution >= 4 is 99.5 Å². The van der Waals surface area contributed by atoms with Crippen LogP contribution < -0.4 is 9.80 Å². The number of fused-ring (bicyclic) bond motifs is 9. The Morgan fingerprint density at radius 2 is 0.551 bits per heavy atom. The minimum Gasteiger partial charge on any atom is -0.335 e. The molecule has 0 unspecified atom stereocenters. The van der Waals surface area contributed by atoms with Crippen LogP contribution in [0.1, 0.15) is 20.8 Å². The highest BCUT2D eigenvalue weighted by Crippen LogP contribution is 2.46. The molecule has 69 heavy (non-hydrogen) atoms. The molecule has 330 valence electrons. The first-order valence-electron chi connectivity index (χ1n) is 23.9. The van der Waals surface area contributed by atoms with Crippen molar-refractivity contribution < 1.29 is 0 Å². The third-order valence-corrected chi connectivity index (χ3v) is 13.8. The molecule has 0 atom stereocenters. The molecule has 13 aromatic rings. The lowest BCUT2D eigenvalue weighted by Crippen LogP contribution is -2.21. The number of hydrogen-bond donors (Lipinski definition) is 0. The first-order chi connectivity index (χ1) is 33.9. The average molecular weight is 888 g/mol. The molecule has 0 N–H and O–H groups in total. The van der Waals surface area contributed by atoms with Crippen molar-refractivity contribution in [3.05, 3.63) is 243 Å². The maximum atomic E-state index is 2.51. The van der Waals surface area contributed by atoms with Crippen molar-refractivity contribution in [2.24, 2.45) is 0 Å². The summed E-state index contributed by atoms with van der Waals surface area (Å²) >= 11 is 0. The second kappa shape index (κ2) is 15.9. The highest BCUT2D eigenvalue weighted by atomic mass is 15.2. The summed E-state index contributed by atoms with van der Waals surface area (Å²) in [7, 11) is 0. The van der Waals surface area contributed by atoms with Crippen LogP contribution in [0.15, 0.2) is 243 Å². The summed E-state index contributed by atoms with van der Waals surface area (Å²) in [5.74, 6) is 0. The first kappa shape index (κ1) is 40.5. The van der Waals surface area contributed by atoms with Gasteiger partial charge < -0.3 is 23.5 Å². The number of nitrogens with zero attached hydrogens (tertiary/aromatic N) is 5. The number of benzene rings is 10. The Hall–Kier alpha value is -8.80. The van der Waals surface area contributed by atoms with E-state index in [0.717, 1.165) is 45.5 Å². The Morgan fingerprint density at radius 1 is 0.261 bits per heavy atom. The van der Waals surface area contributed by atoms with Gasteiger partial charge in [0.05, 0.1) is 22.1 Å². The van der Waals surface area contributed by atoms with E-state index < -0.39 is 0 Å². The van der Waals surface area contributed by atoms with Crippen LogP contribution in [-0.4, -0.2) is 13.7 Å². The Balaban J connectivity index is 1.01. The van der Waals surface area contributed by atoms with Gasteiger partial charge in [-0.15, -0.1) is 0 Å². The van der Waals surface area contributed by atoms with Gasteiger partial charge in [0.15, 0.2) is 0 Å². The van der Waals surface area contributed by atoms with Crippen molar-refractivity contribution in [2.75, 3.05) is 9.80 Å². The van der Waals surface area contributed by atoms with E-state index in [1.54, 1.807) is 0 Å². The Morgan fingerprint density at radius 3 is 0.913 bits per heavy atom. The minimum absolute atomic E-state index is 0.183. The molecule has 0 amide bonds. The molecular formula is C64H49N5. The molecule has 0 spiro atoms. The second-order valence-corrected chi connectivity index (χ2v) is 19.0. The zero-order valence-corrected chi connectivity index (χ0v) is 38.8. The third-order valence-electron chi connectivity index (χ3n) is 13.8. The van der Waals surface area contributed by atoms with Crippen molar-refractivity contribution in [3.63, 3.8) is 0 Å². The molecule has 13 rings (SSSR count). The first-order valence-corrected chi connectivity index (χ1v) is 23.9. The molecular weight excluding hydrogens is 839 g/mol. The van der Waals surface area contributed by atoms with Crippen molar-refractivity contribution in [1.82, 2.24) is 13.7 Å². The molecule has 0 saturated heterocycles. The number of para-hydroxylation sites is 6. The predicted octanol–water partition coefficient (Wildman–Crippen LogP) is 17.7. The van der Waals surface area contributed by atoms with Gasteiger partial charge in [-0.3, -0.25) is 0 Å². The highest BCUT2D eigenvalue weighted by molar-refractivity contribution is 6.14. The number of anilines is 6. The fourth-order valence-electron chi connectivity index (χ4n) is 11.0. The van der Waals surface area contributed by atoms with Crippen LogP contribution >= 0.6 is 0 Å². The van der Waals surface area contributed by atoms with Crippen LogP contribution in [0.25, 0.3) is 76.8 Å². The zero-order chi connectivity index (χ0) is 46.2. The topological polar surface area (TPSA) is 21.3 Å². The van der Waals surface area contributed by atoms with E-state index in [9.17, 15) is 0 Å². The fraction of sp³-hybridized carbons (Fsp3) is 0.0625. The molecule has 0 radical (unpaired) electrons. The zero-order valence-electron chi connectivity index (χ0n) is 38.8. The van der Waals surface area contributed by atoms with Gasteiger partial charge in [0, 0.05) is 94.4 Å². The summed E-state index contributed by atoms with van der Waals surface area (Å²) < 4.78 is 7.28. The number of aromatic nitrogens is 3. The van der Waals surface area contributed by atoms with Gasteiger partial charge in [-0.1, -0.05) is 109 Å². The molecule has 3 aromatic heterocycles. The Bertz CT molecular complexity index is 3790. The molecule has 0 fully saturated rings. The van der Waals surface area contributed by atoms with Gasteiger partial charge in [0.25, 0.3) is 0 Å². The van der Waals surface area contributed by atoms with Crippen molar-refractivity contribution in [3.8, 4) is 11.4 Å². The summed E-state index contributed by atoms with van der Waals surface area (Å²) in [6.07, 6.45) is 0. The number of hydrogen-bond acceptors (Lipinski definition) is 2. The summed E-state index contributed by atoms with van der Waals surface area (Å²) in [6, 6.07) is 88.4. The Labute approximate surface area is 401 Å². The maximum Gasteiger partial charge on any atom is 0.0542 e. The largest absolute Gasteiger partial charge is 0.335 e. The van der Waals surface area contributed by atoms with E-state index >= 15 is 0 Å². The molecule has 0 bridgehead atoms. The fourth-order valence-corrected chi connectivity index (χ4v) is 11.0. The van der Waals surface area contributed by atoms with Gasteiger partial charge in [-0.05, 0) is 154 Å². The summed E-state index contributed by atoms with van der Waals surface area (Å²) in [4.78, 5) is 4.82. The molecule has 0 aliphatic carbocycles. The van der Waals surface area contributed by atoms with Gasteiger partial charge in [-0.2, -0.15) is 0 Å². The maximum absolute atomic E-state index is 2.51. The van der Waals surface area contributed by atoms with E-state index in [4.69, 9.17) is 0 Å². The lowest BCUT2D eigenvalue weighted by atomic mass is 10.1. The van der Waals surface area contributed by atoms with E-state index in [0.29, 0.717) is 0 Å². The SMILES string of the molecule is CC(C)(C)n1c2ccc(N(c3ccccc3)c3ccc4c(c3)c3ccccc3n4-c3ccccc3)cc2c2cc(N(c3ccccc3)c3ccc4c(c3)c3ccccc3n4-c3ccccc3)ccc21. The summed E-state index contributed by atoms with van der Waals surface area (Å²) in [6.45, 7) is 6.92. The second-order valence-electron chi connectivity index (χ2n) is 19.0. The number of rotatable bonds is 8. The molecule has 5 heteroatoms. The molecule has 3 heterocycles. The smallest absolute Gasteiger partial charge is 0.0542 e. The van der Waals surface area contributed by atoms with Crippen molar-refractivity contribution in [1.29, 1.82) is 0 Å². The third kappa shape index (κ3) is 6.61. The van der Waals surface area contributed by atoms with Gasteiger partial charge in [0.2, 0.25) is 0 Å². The van der Waals surface area contributed by atoms with Crippen LogP contribution in [0.4, 0.5) is 34.1 Å². The van der Waals surface area contributed by atoms with Crippen LogP contribution in [0.2, 0.25) is 0 Å². The molecule has 0 aliphatic heterocycles. The van der Waals surface area contributed by atoms with Crippen LogP contribution in [0.5, 0.6) is 0 Å². The molecule has 10 aromatic carbocycles. The monoisotopic (exact) mass is 887 g/mol. The highest BCUT2D eigenvalue weighted by Gasteiger charge is 2.25. The van der Waals surface area contributed by atoms with Crippen molar-refractivity contribution in [2.45, 2.75) is 26.3 Å². The van der Waals surface area contributed by atoms with E-state index in [2.05, 4.69) is 287 Å². The van der Waals surface area contributed by atoms with Gasteiger partial charge in [0.1, 0.15) is 0 Å². The van der Waals surface area contributed by atoms with Crippen LogP contribution in [0.3, 0.4) is 0 Å². The summed E-state index contributed by atoms with van der Waals surface area (Å²) in [5.41, 5.74) is 15.9. The molecule has 0 saturated carbocycles. The van der Waals surface area contributed by atoms with E-state index in [-0.39, 0.29) is 5.54 Å². The van der Waals surface area contributed by atoms with E-state index in [1.807, 2.05) is 0 Å². The average Bonchev–Trinajstić information content (AvgIpc) is 4.03. The quantitative estimate of drug-likeness (QED) is 0.152. The Kier molecular flexibility index (Phi) is 9.34. The van der Waals surface area contributed by atoms with Gasteiger partial charge >= 0.3 is 0 Å². The normalized spacial score (nSPS) is 12.0. The van der Waals surface area contributed by atoms with E-state index in [1.165, 1.54) is 65.4 Å². The van der Waals surface area contributed by atoms with Crippen LogP contribution in [-0.2, 0) is 5.54 Å².